The van der Waals surface area contributed by atoms with Crippen molar-refractivity contribution in [1.29, 1.82) is 0 Å². The molecule has 1 aliphatic heterocycles. The van der Waals surface area contributed by atoms with Gasteiger partial charge in [-0.1, -0.05) is 35.0 Å². The van der Waals surface area contributed by atoms with Crippen molar-refractivity contribution in [3.63, 3.8) is 0 Å². The van der Waals surface area contributed by atoms with E-state index in [-0.39, 0.29) is 17.9 Å². The maximum absolute atomic E-state index is 12.2. The van der Waals surface area contributed by atoms with Crippen LogP contribution >= 0.6 is 15.9 Å². The lowest BCUT2D eigenvalue weighted by Crippen LogP contribution is -2.35. The molecule has 1 aliphatic rings. The Morgan fingerprint density at radius 2 is 2.28 bits per heavy atom. The van der Waals surface area contributed by atoms with E-state index in [4.69, 9.17) is 0 Å². The van der Waals surface area contributed by atoms with Gasteiger partial charge in [-0.05, 0) is 37.1 Å². The van der Waals surface area contributed by atoms with Gasteiger partial charge in [0.05, 0.1) is 12.0 Å². The van der Waals surface area contributed by atoms with Crippen LogP contribution in [0.2, 0.25) is 0 Å². The van der Waals surface area contributed by atoms with E-state index in [2.05, 4.69) is 33.5 Å². The summed E-state index contributed by atoms with van der Waals surface area (Å²) in [6, 6.07) is 8.10. The van der Waals surface area contributed by atoms with Crippen LogP contribution in [-0.2, 0) is 4.79 Å². The van der Waals surface area contributed by atoms with Crippen molar-refractivity contribution < 1.29 is 4.79 Å². The van der Waals surface area contributed by atoms with Gasteiger partial charge in [-0.3, -0.25) is 4.79 Å². The van der Waals surface area contributed by atoms with Crippen molar-refractivity contribution in [1.82, 2.24) is 10.6 Å². The number of rotatable bonds is 3. The summed E-state index contributed by atoms with van der Waals surface area (Å²) in [5.41, 5.74) is 1.12. The SMILES string of the molecule is C[C@H](NC(=O)[C@@H]1CNC[C@H]1C)c1cccc(Br)c1. The van der Waals surface area contributed by atoms with Gasteiger partial charge in [0.15, 0.2) is 0 Å². The molecule has 3 nitrogen and oxygen atoms in total. The number of carbonyl (C=O) groups is 1. The third-order valence-electron chi connectivity index (χ3n) is 3.56. The molecule has 1 aromatic rings. The number of nitrogens with one attached hydrogen (secondary N) is 2. The van der Waals surface area contributed by atoms with Crippen LogP contribution in [0.4, 0.5) is 0 Å². The van der Waals surface area contributed by atoms with Crippen LogP contribution in [0.15, 0.2) is 28.7 Å². The minimum atomic E-state index is 0.0443. The molecule has 1 fully saturated rings. The van der Waals surface area contributed by atoms with Crippen molar-refractivity contribution in [3.8, 4) is 0 Å². The van der Waals surface area contributed by atoms with Crippen molar-refractivity contribution in [2.24, 2.45) is 11.8 Å². The third kappa shape index (κ3) is 3.12. The fourth-order valence-electron chi connectivity index (χ4n) is 2.34. The Morgan fingerprint density at radius 1 is 1.50 bits per heavy atom. The van der Waals surface area contributed by atoms with Gasteiger partial charge in [0.1, 0.15) is 0 Å². The molecular weight excluding hydrogens is 292 g/mol. The number of benzene rings is 1. The number of carbonyl (C=O) groups excluding carboxylic acids is 1. The second-order valence-corrected chi connectivity index (χ2v) is 5.94. The maximum Gasteiger partial charge on any atom is 0.225 e. The average Bonchev–Trinajstić information content (AvgIpc) is 2.75. The molecular formula is C14H19BrN2O. The van der Waals surface area contributed by atoms with Crippen LogP contribution in [-0.4, -0.2) is 19.0 Å². The van der Waals surface area contributed by atoms with E-state index in [0.29, 0.717) is 5.92 Å². The highest BCUT2D eigenvalue weighted by Crippen LogP contribution is 2.20. The Balaban J connectivity index is 1.98. The average molecular weight is 311 g/mol. The smallest absolute Gasteiger partial charge is 0.225 e. The standard InChI is InChI=1S/C14H19BrN2O/c1-9-7-16-8-13(9)14(18)17-10(2)11-4-3-5-12(15)6-11/h3-6,9-10,13,16H,7-8H2,1-2H3,(H,17,18)/t9-,10+,13-/m1/s1. The van der Waals surface area contributed by atoms with Crippen LogP contribution in [0.1, 0.15) is 25.5 Å². The zero-order valence-electron chi connectivity index (χ0n) is 10.7. The van der Waals surface area contributed by atoms with Gasteiger partial charge < -0.3 is 10.6 Å². The lowest BCUT2D eigenvalue weighted by Gasteiger charge is -2.19. The molecule has 18 heavy (non-hydrogen) atoms. The quantitative estimate of drug-likeness (QED) is 0.900. The third-order valence-corrected chi connectivity index (χ3v) is 4.05. The van der Waals surface area contributed by atoms with Crippen LogP contribution in [0.25, 0.3) is 0 Å². The first kappa shape index (κ1) is 13.6. The lowest BCUT2D eigenvalue weighted by atomic mass is 9.96. The largest absolute Gasteiger partial charge is 0.349 e. The normalized spacial score (nSPS) is 24.8. The molecule has 1 heterocycles. The van der Waals surface area contributed by atoms with E-state index in [1.165, 1.54) is 0 Å². The van der Waals surface area contributed by atoms with Gasteiger partial charge >= 0.3 is 0 Å². The fourth-order valence-corrected chi connectivity index (χ4v) is 2.76. The van der Waals surface area contributed by atoms with Crippen LogP contribution in [0, 0.1) is 11.8 Å². The van der Waals surface area contributed by atoms with Crippen LogP contribution in [0.3, 0.4) is 0 Å². The van der Waals surface area contributed by atoms with E-state index < -0.39 is 0 Å². The van der Waals surface area contributed by atoms with Gasteiger partial charge in [-0.25, -0.2) is 0 Å². The predicted molar refractivity (Wildman–Crippen MR) is 76.2 cm³/mol. The van der Waals surface area contributed by atoms with E-state index in [1.807, 2.05) is 31.2 Å². The van der Waals surface area contributed by atoms with Crippen molar-refractivity contribution in [2.75, 3.05) is 13.1 Å². The topological polar surface area (TPSA) is 41.1 Å². The number of amides is 1. The van der Waals surface area contributed by atoms with Crippen molar-refractivity contribution >= 4 is 21.8 Å². The molecule has 1 amide bonds. The molecule has 0 aromatic heterocycles. The Kier molecular flexibility index (Phi) is 4.40. The van der Waals surface area contributed by atoms with Gasteiger partial charge in [-0.15, -0.1) is 0 Å². The maximum atomic E-state index is 12.2. The van der Waals surface area contributed by atoms with E-state index in [0.717, 1.165) is 23.1 Å². The molecule has 0 radical (unpaired) electrons. The molecule has 1 aromatic carbocycles. The predicted octanol–water partition coefficient (Wildman–Crippen LogP) is 2.48. The van der Waals surface area contributed by atoms with Gasteiger partial charge in [0.2, 0.25) is 5.91 Å². The summed E-state index contributed by atoms with van der Waals surface area (Å²) in [5.74, 6) is 0.666. The monoisotopic (exact) mass is 310 g/mol. The molecule has 0 saturated carbocycles. The second-order valence-electron chi connectivity index (χ2n) is 5.03. The van der Waals surface area contributed by atoms with Gasteiger partial charge in [0, 0.05) is 11.0 Å². The van der Waals surface area contributed by atoms with Crippen LogP contribution < -0.4 is 10.6 Å². The minimum Gasteiger partial charge on any atom is -0.349 e. The summed E-state index contributed by atoms with van der Waals surface area (Å²) in [4.78, 5) is 12.2. The summed E-state index contributed by atoms with van der Waals surface area (Å²) in [6.07, 6.45) is 0. The van der Waals surface area contributed by atoms with Gasteiger partial charge in [0.25, 0.3) is 0 Å². The van der Waals surface area contributed by atoms with E-state index in [1.54, 1.807) is 0 Å². The molecule has 0 bridgehead atoms. The molecule has 0 unspecified atom stereocenters. The van der Waals surface area contributed by atoms with E-state index >= 15 is 0 Å². The Morgan fingerprint density at radius 3 is 2.89 bits per heavy atom. The van der Waals surface area contributed by atoms with E-state index in [9.17, 15) is 4.79 Å². The number of halogens is 1. The Hall–Kier alpha value is -0.870. The molecule has 2 rings (SSSR count). The highest BCUT2D eigenvalue weighted by molar-refractivity contribution is 9.10. The molecule has 2 N–H and O–H groups in total. The van der Waals surface area contributed by atoms with Crippen LogP contribution in [0.5, 0.6) is 0 Å². The van der Waals surface area contributed by atoms with Crippen molar-refractivity contribution in [2.45, 2.75) is 19.9 Å². The molecule has 4 heteroatoms. The molecule has 1 saturated heterocycles. The molecule has 0 spiro atoms. The molecule has 3 atom stereocenters. The second kappa shape index (κ2) is 5.85. The highest BCUT2D eigenvalue weighted by atomic mass is 79.9. The Labute approximate surface area is 116 Å². The van der Waals surface area contributed by atoms with Gasteiger partial charge in [-0.2, -0.15) is 0 Å². The summed E-state index contributed by atoms with van der Waals surface area (Å²) in [7, 11) is 0. The molecule has 98 valence electrons. The summed E-state index contributed by atoms with van der Waals surface area (Å²) in [5, 5.41) is 6.35. The first-order chi connectivity index (χ1) is 8.58. The number of hydrogen-bond donors (Lipinski definition) is 2. The minimum absolute atomic E-state index is 0.0443. The summed E-state index contributed by atoms with van der Waals surface area (Å²) >= 11 is 3.45. The van der Waals surface area contributed by atoms with Crippen molar-refractivity contribution in [3.05, 3.63) is 34.3 Å². The summed E-state index contributed by atoms with van der Waals surface area (Å²) < 4.78 is 1.04. The lowest BCUT2D eigenvalue weighted by molar-refractivity contribution is -0.126. The zero-order chi connectivity index (χ0) is 13.1. The Bertz CT molecular complexity index is 436. The summed E-state index contributed by atoms with van der Waals surface area (Å²) in [6.45, 7) is 5.86. The molecule has 0 aliphatic carbocycles. The zero-order valence-corrected chi connectivity index (χ0v) is 12.3. The fraction of sp³-hybridized carbons (Fsp3) is 0.500. The highest BCUT2D eigenvalue weighted by Gasteiger charge is 2.30. The number of hydrogen-bond acceptors (Lipinski definition) is 2. The first-order valence-electron chi connectivity index (χ1n) is 6.34. The first-order valence-corrected chi connectivity index (χ1v) is 7.14.